The first-order valence-electron chi connectivity index (χ1n) is 6.14. The summed E-state index contributed by atoms with van der Waals surface area (Å²) in [5.74, 6) is -1.77. The molecule has 0 saturated heterocycles. The summed E-state index contributed by atoms with van der Waals surface area (Å²) >= 11 is 0. The molecule has 106 valence electrons. The number of carbonyl (C=O) groups excluding carboxylic acids is 2. The second-order valence-electron chi connectivity index (χ2n) is 4.52. The first-order valence-corrected chi connectivity index (χ1v) is 6.14. The molecule has 0 unspecified atom stereocenters. The monoisotopic (exact) mass is 269 g/mol. The van der Waals surface area contributed by atoms with Crippen LogP contribution in [0.2, 0.25) is 0 Å². The summed E-state index contributed by atoms with van der Waals surface area (Å²) < 4.78 is 0. The smallest absolute Gasteiger partial charge is 0.326 e. The van der Waals surface area contributed by atoms with Gasteiger partial charge in [0.15, 0.2) is 0 Å². The maximum atomic E-state index is 12.0. The predicted molar refractivity (Wildman–Crippen MR) is 68.3 cm³/mol. The quantitative estimate of drug-likeness (QED) is 0.541. The molecule has 0 aromatic heterocycles. The standard InChI is InChI=1S/C12H19N3O4/c1-2-7-15(8-3-4-8)12(19)14-9(11(17)18)5-6-10(13)16/h2,8-9H,1,3-7H2,(H2,13,16)(H,14,19)(H,17,18)/t9-/m0/s1. The van der Waals surface area contributed by atoms with Gasteiger partial charge in [0, 0.05) is 19.0 Å². The zero-order valence-corrected chi connectivity index (χ0v) is 10.7. The van der Waals surface area contributed by atoms with Crippen LogP contribution in [-0.2, 0) is 9.59 Å². The van der Waals surface area contributed by atoms with Crippen LogP contribution in [0.4, 0.5) is 4.79 Å². The molecule has 4 N–H and O–H groups in total. The number of nitrogens with zero attached hydrogens (tertiary/aromatic N) is 1. The summed E-state index contributed by atoms with van der Waals surface area (Å²) in [5, 5.41) is 11.4. The lowest BCUT2D eigenvalue weighted by molar-refractivity contribution is -0.139. The number of aliphatic carboxylic acids is 1. The van der Waals surface area contributed by atoms with Gasteiger partial charge in [-0.1, -0.05) is 6.08 Å². The van der Waals surface area contributed by atoms with Gasteiger partial charge in [-0.05, 0) is 19.3 Å². The van der Waals surface area contributed by atoms with Crippen LogP contribution >= 0.6 is 0 Å². The van der Waals surface area contributed by atoms with Crippen LogP contribution in [0, 0.1) is 0 Å². The summed E-state index contributed by atoms with van der Waals surface area (Å²) in [5.41, 5.74) is 4.97. The van der Waals surface area contributed by atoms with Crippen LogP contribution < -0.4 is 11.1 Å². The Bertz CT molecular complexity index is 379. The van der Waals surface area contributed by atoms with Gasteiger partial charge in [0.05, 0.1) is 0 Å². The highest BCUT2D eigenvalue weighted by Gasteiger charge is 2.33. The van der Waals surface area contributed by atoms with E-state index in [1.54, 1.807) is 11.0 Å². The SMILES string of the molecule is C=CCN(C(=O)N[C@@H](CCC(N)=O)C(=O)O)C1CC1. The van der Waals surface area contributed by atoms with Crippen molar-refractivity contribution in [1.29, 1.82) is 0 Å². The molecule has 1 fully saturated rings. The summed E-state index contributed by atoms with van der Waals surface area (Å²) in [4.78, 5) is 35.2. The zero-order valence-electron chi connectivity index (χ0n) is 10.7. The fraction of sp³-hybridized carbons (Fsp3) is 0.583. The summed E-state index contributed by atoms with van der Waals surface area (Å²) in [6.45, 7) is 3.94. The van der Waals surface area contributed by atoms with Gasteiger partial charge in [0.2, 0.25) is 5.91 Å². The molecule has 0 aromatic rings. The van der Waals surface area contributed by atoms with E-state index < -0.39 is 23.9 Å². The average molecular weight is 269 g/mol. The minimum atomic E-state index is -1.18. The zero-order chi connectivity index (χ0) is 14.4. The molecule has 1 aliphatic carbocycles. The molecular formula is C12H19N3O4. The number of carboxylic acid groups (broad SMARTS) is 1. The molecule has 0 bridgehead atoms. The van der Waals surface area contributed by atoms with E-state index in [4.69, 9.17) is 10.8 Å². The molecule has 0 spiro atoms. The number of rotatable bonds is 8. The second kappa shape index (κ2) is 6.77. The molecule has 1 atom stereocenters. The van der Waals surface area contributed by atoms with Crippen LogP contribution in [0.3, 0.4) is 0 Å². The number of primary amides is 1. The van der Waals surface area contributed by atoms with E-state index in [1.165, 1.54) is 0 Å². The van der Waals surface area contributed by atoms with Crippen molar-refractivity contribution in [2.75, 3.05) is 6.54 Å². The Labute approximate surface area is 111 Å². The van der Waals surface area contributed by atoms with Crippen LogP contribution in [-0.4, -0.2) is 46.5 Å². The predicted octanol–water partition coefficient (Wildman–Crippen LogP) is 0.0651. The van der Waals surface area contributed by atoms with Crippen LogP contribution in [0.25, 0.3) is 0 Å². The highest BCUT2D eigenvalue weighted by molar-refractivity contribution is 5.83. The summed E-state index contributed by atoms with van der Waals surface area (Å²) in [7, 11) is 0. The lowest BCUT2D eigenvalue weighted by Gasteiger charge is -2.23. The molecule has 0 heterocycles. The Morgan fingerprint density at radius 2 is 2.11 bits per heavy atom. The van der Waals surface area contributed by atoms with Crippen LogP contribution in [0.1, 0.15) is 25.7 Å². The van der Waals surface area contributed by atoms with Crippen molar-refractivity contribution in [1.82, 2.24) is 10.2 Å². The lowest BCUT2D eigenvalue weighted by Crippen LogP contribution is -2.49. The number of nitrogens with two attached hydrogens (primary N) is 1. The van der Waals surface area contributed by atoms with Gasteiger partial charge >= 0.3 is 12.0 Å². The molecule has 1 aliphatic rings. The molecule has 1 saturated carbocycles. The first-order chi connectivity index (χ1) is 8.95. The fourth-order valence-corrected chi connectivity index (χ4v) is 1.70. The van der Waals surface area contributed by atoms with Crippen molar-refractivity contribution in [3.05, 3.63) is 12.7 Å². The van der Waals surface area contributed by atoms with Crippen LogP contribution in [0.5, 0.6) is 0 Å². The van der Waals surface area contributed by atoms with Crippen molar-refractivity contribution in [3.8, 4) is 0 Å². The Morgan fingerprint density at radius 3 is 2.53 bits per heavy atom. The number of amides is 3. The Kier molecular flexibility index (Phi) is 5.35. The number of carbonyl (C=O) groups is 3. The molecular weight excluding hydrogens is 250 g/mol. The molecule has 0 aliphatic heterocycles. The average Bonchev–Trinajstić information content (AvgIpc) is 3.14. The summed E-state index contributed by atoms with van der Waals surface area (Å²) in [6, 6.07) is -1.39. The number of hydrogen-bond acceptors (Lipinski definition) is 3. The van der Waals surface area contributed by atoms with E-state index in [1.807, 2.05) is 0 Å². The largest absolute Gasteiger partial charge is 0.480 e. The van der Waals surface area contributed by atoms with E-state index in [0.29, 0.717) is 6.54 Å². The normalized spacial score (nSPS) is 15.4. The van der Waals surface area contributed by atoms with Gasteiger partial charge < -0.3 is 21.1 Å². The number of nitrogens with one attached hydrogen (secondary N) is 1. The van der Waals surface area contributed by atoms with Crippen LogP contribution in [0.15, 0.2) is 12.7 Å². The highest BCUT2D eigenvalue weighted by Crippen LogP contribution is 2.26. The molecule has 1 rings (SSSR count). The molecule has 7 heteroatoms. The highest BCUT2D eigenvalue weighted by atomic mass is 16.4. The number of hydrogen-bond donors (Lipinski definition) is 3. The second-order valence-corrected chi connectivity index (χ2v) is 4.52. The maximum Gasteiger partial charge on any atom is 0.326 e. The van der Waals surface area contributed by atoms with E-state index in [9.17, 15) is 14.4 Å². The van der Waals surface area contributed by atoms with Gasteiger partial charge in [-0.15, -0.1) is 6.58 Å². The first kappa shape index (κ1) is 15.0. The summed E-state index contributed by atoms with van der Waals surface area (Å²) in [6.07, 6.45) is 3.34. The van der Waals surface area contributed by atoms with Crippen molar-refractivity contribution in [3.63, 3.8) is 0 Å². The van der Waals surface area contributed by atoms with E-state index in [-0.39, 0.29) is 18.9 Å². The minimum absolute atomic E-state index is 0.0109. The molecule has 0 aromatic carbocycles. The Morgan fingerprint density at radius 1 is 1.47 bits per heavy atom. The molecule has 19 heavy (non-hydrogen) atoms. The van der Waals surface area contributed by atoms with Crippen molar-refractivity contribution < 1.29 is 19.5 Å². The van der Waals surface area contributed by atoms with Crippen molar-refractivity contribution >= 4 is 17.9 Å². The minimum Gasteiger partial charge on any atom is -0.480 e. The molecule has 7 nitrogen and oxygen atoms in total. The Balaban J connectivity index is 2.55. The Hall–Kier alpha value is -2.05. The maximum absolute atomic E-state index is 12.0. The van der Waals surface area contributed by atoms with Gasteiger partial charge in [0.1, 0.15) is 6.04 Å². The third-order valence-corrected chi connectivity index (χ3v) is 2.85. The third-order valence-electron chi connectivity index (χ3n) is 2.85. The lowest BCUT2D eigenvalue weighted by atomic mass is 10.1. The van der Waals surface area contributed by atoms with Gasteiger partial charge in [0.25, 0.3) is 0 Å². The van der Waals surface area contributed by atoms with Crippen molar-refractivity contribution in [2.24, 2.45) is 5.73 Å². The molecule has 0 radical (unpaired) electrons. The third kappa shape index (κ3) is 4.99. The fourth-order valence-electron chi connectivity index (χ4n) is 1.70. The van der Waals surface area contributed by atoms with E-state index >= 15 is 0 Å². The topological polar surface area (TPSA) is 113 Å². The van der Waals surface area contributed by atoms with Gasteiger partial charge in [-0.3, -0.25) is 4.79 Å². The van der Waals surface area contributed by atoms with Gasteiger partial charge in [-0.2, -0.15) is 0 Å². The number of carboxylic acids is 1. The van der Waals surface area contributed by atoms with Crippen molar-refractivity contribution in [2.45, 2.75) is 37.8 Å². The molecule has 3 amide bonds. The van der Waals surface area contributed by atoms with E-state index in [2.05, 4.69) is 11.9 Å². The van der Waals surface area contributed by atoms with E-state index in [0.717, 1.165) is 12.8 Å². The number of urea groups is 1. The van der Waals surface area contributed by atoms with Gasteiger partial charge in [-0.25, -0.2) is 9.59 Å².